The summed E-state index contributed by atoms with van der Waals surface area (Å²) in [4.78, 5) is 15.4. The molecule has 0 radical (unpaired) electrons. The number of piperidine rings is 1. The summed E-state index contributed by atoms with van der Waals surface area (Å²) in [6.45, 7) is 3.84. The summed E-state index contributed by atoms with van der Waals surface area (Å²) >= 11 is 0. The van der Waals surface area contributed by atoms with Gasteiger partial charge in [-0.2, -0.15) is 0 Å². The predicted octanol–water partition coefficient (Wildman–Crippen LogP) is 2.65. The van der Waals surface area contributed by atoms with Crippen molar-refractivity contribution >= 4 is 5.82 Å². The van der Waals surface area contributed by atoms with Crippen molar-refractivity contribution in [1.82, 2.24) is 24.7 Å². The van der Waals surface area contributed by atoms with Gasteiger partial charge in [-0.15, -0.1) is 5.10 Å². The van der Waals surface area contributed by atoms with Gasteiger partial charge in [0.25, 0.3) is 0 Å². The maximum atomic E-state index is 5.48. The quantitative estimate of drug-likeness (QED) is 0.720. The number of methoxy groups -OCH3 is 1. The van der Waals surface area contributed by atoms with Crippen LogP contribution < -0.4 is 4.90 Å². The van der Waals surface area contributed by atoms with Crippen molar-refractivity contribution in [2.45, 2.75) is 25.9 Å². The largest absolute Gasteiger partial charge is 0.381 e. The van der Waals surface area contributed by atoms with E-state index in [9.17, 15) is 0 Å². The van der Waals surface area contributed by atoms with Gasteiger partial charge < -0.3 is 9.64 Å². The van der Waals surface area contributed by atoms with Gasteiger partial charge in [0.2, 0.25) is 0 Å². The van der Waals surface area contributed by atoms with Gasteiger partial charge in [0.05, 0.1) is 29.9 Å². The lowest BCUT2D eigenvalue weighted by molar-refractivity contribution is 0.0818. The number of nitrogens with zero attached hydrogens (tertiary/aromatic N) is 6. The van der Waals surface area contributed by atoms with Crippen LogP contribution >= 0.6 is 0 Å². The topological polar surface area (TPSA) is 69.0 Å². The minimum atomic E-state index is 0.342. The Hall–Kier alpha value is -2.80. The number of ether oxygens (including phenoxy) is 1. The minimum absolute atomic E-state index is 0.342. The summed E-state index contributed by atoms with van der Waals surface area (Å²) in [6.07, 6.45) is 9.33. The molecule has 0 bridgehead atoms. The monoisotopic (exact) mass is 350 g/mol. The fraction of sp³-hybridized carbons (Fsp3) is 0.368. The van der Waals surface area contributed by atoms with E-state index in [1.165, 1.54) is 0 Å². The molecule has 0 saturated carbocycles. The van der Waals surface area contributed by atoms with Gasteiger partial charge >= 0.3 is 0 Å². The Labute approximate surface area is 152 Å². The highest BCUT2D eigenvalue weighted by Crippen LogP contribution is 2.27. The first-order valence-electron chi connectivity index (χ1n) is 8.82. The van der Waals surface area contributed by atoms with Crippen molar-refractivity contribution in [2.24, 2.45) is 0 Å². The summed E-state index contributed by atoms with van der Waals surface area (Å²) in [5, 5.41) is 4.86. The Morgan fingerprint density at radius 3 is 2.58 bits per heavy atom. The number of aryl methyl sites for hydroxylation is 1. The third-order valence-corrected chi connectivity index (χ3v) is 4.76. The molecule has 1 saturated heterocycles. The average molecular weight is 350 g/mol. The molecule has 0 atom stereocenters. The van der Waals surface area contributed by atoms with Crippen LogP contribution in [0.25, 0.3) is 17.1 Å². The van der Waals surface area contributed by atoms with Gasteiger partial charge in [-0.1, -0.05) is 0 Å². The molecule has 0 unspecified atom stereocenters. The fourth-order valence-electron chi connectivity index (χ4n) is 3.24. The molecule has 4 rings (SSSR count). The van der Waals surface area contributed by atoms with Crippen LogP contribution in [0.5, 0.6) is 0 Å². The summed E-state index contributed by atoms with van der Waals surface area (Å²) < 4.78 is 7.37. The Morgan fingerprint density at radius 2 is 1.92 bits per heavy atom. The summed E-state index contributed by atoms with van der Waals surface area (Å²) in [7, 11) is 1.78. The molecule has 0 aliphatic carbocycles. The predicted molar refractivity (Wildman–Crippen MR) is 99.4 cm³/mol. The van der Waals surface area contributed by atoms with Crippen molar-refractivity contribution in [3.8, 4) is 17.1 Å². The van der Waals surface area contributed by atoms with Crippen molar-refractivity contribution in [3.63, 3.8) is 0 Å². The molecule has 26 heavy (non-hydrogen) atoms. The second-order valence-corrected chi connectivity index (χ2v) is 6.47. The standard InChI is InChI=1S/C19H22N6O/c1-14-3-4-15(12-22-14)25-18(17-13-20-7-8-21-17)11-19(23-25)24-9-5-16(26-2)6-10-24/h3-4,7-8,11-13,16H,5-6,9-10H2,1-2H3. The first kappa shape index (κ1) is 16.7. The van der Waals surface area contributed by atoms with Gasteiger partial charge in [0, 0.05) is 44.4 Å². The average Bonchev–Trinajstić information content (AvgIpc) is 3.15. The molecule has 1 fully saturated rings. The number of rotatable bonds is 4. The molecule has 0 aromatic carbocycles. The molecule has 1 aliphatic heterocycles. The van der Waals surface area contributed by atoms with E-state index in [4.69, 9.17) is 9.84 Å². The Morgan fingerprint density at radius 1 is 1.08 bits per heavy atom. The van der Waals surface area contributed by atoms with Crippen LogP contribution in [0.4, 0.5) is 5.82 Å². The van der Waals surface area contributed by atoms with Crippen LogP contribution in [0.3, 0.4) is 0 Å². The molecule has 0 spiro atoms. The van der Waals surface area contributed by atoms with Gasteiger partial charge in [-0.05, 0) is 31.9 Å². The zero-order valence-corrected chi connectivity index (χ0v) is 15.0. The lowest BCUT2D eigenvalue weighted by atomic mass is 10.1. The van der Waals surface area contributed by atoms with Crippen molar-refractivity contribution < 1.29 is 4.74 Å². The number of hydrogen-bond acceptors (Lipinski definition) is 6. The second kappa shape index (κ2) is 7.21. The molecule has 7 nitrogen and oxygen atoms in total. The first-order valence-corrected chi connectivity index (χ1v) is 8.82. The van der Waals surface area contributed by atoms with Crippen LogP contribution in [0.2, 0.25) is 0 Å². The van der Waals surface area contributed by atoms with Crippen LogP contribution in [0.15, 0.2) is 43.0 Å². The van der Waals surface area contributed by atoms with Crippen LogP contribution in [0.1, 0.15) is 18.5 Å². The van der Waals surface area contributed by atoms with E-state index >= 15 is 0 Å². The highest BCUT2D eigenvalue weighted by molar-refractivity contribution is 5.62. The number of hydrogen-bond donors (Lipinski definition) is 0. The second-order valence-electron chi connectivity index (χ2n) is 6.47. The molecule has 1 aliphatic rings. The normalized spacial score (nSPS) is 15.4. The lowest BCUT2D eigenvalue weighted by Crippen LogP contribution is -2.36. The van der Waals surface area contributed by atoms with E-state index in [0.29, 0.717) is 6.10 Å². The van der Waals surface area contributed by atoms with Gasteiger partial charge in [0.1, 0.15) is 5.69 Å². The first-order chi connectivity index (χ1) is 12.7. The van der Waals surface area contributed by atoms with Gasteiger partial charge in [0.15, 0.2) is 5.82 Å². The minimum Gasteiger partial charge on any atom is -0.381 e. The molecule has 7 heteroatoms. The van der Waals surface area contributed by atoms with Crippen molar-refractivity contribution in [1.29, 1.82) is 0 Å². The smallest absolute Gasteiger partial charge is 0.151 e. The van der Waals surface area contributed by atoms with E-state index in [0.717, 1.165) is 54.5 Å². The van der Waals surface area contributed by atoms with Crippen LogP contribution in [-0.2, 0) is 4.74 Å². The molecule has 134 valence electrons. The molecule has 0 N–H and O–H groups in total. The lowest BCUT2D eigenvalue weighted by Gasteiger charge is -2.31. The summed E-state index contributed by atoms with van der Waals surface area (Å²) in [6, 6.07) is 6.09. The highest BCUT2D eigenvalue weighted by Gasteiger charge is 2.23. The molecular formula is C19H22N6O. The number of anilines is 1. The van der Waals surface area contributed by atoms with E-state index in [-0.39, 0.29) is 0 Å². The maximum absolute atomic E-state index is 5.48. The number of pyridine rings is 1. The van der Waals surface area contributed by atoms with Crippen molar-refractivity contribution in [2.75, 3.05) is 25.1 Å². The molecule has 0 amide bonds. The highest BCUT2D eigenvalue weighted by atomic mass is 16.5. The van der Waals surface area contributed by atoms with Crippen LogP contribution in [-0.4, -0.2) is 51.0 Å². The summed E-state index contributed by atoms with van der Waals surface area (Å²) in [5.41, 5.74) is 3.59. The van der Waals surface area contributed by atoms with Gasteiger partial charge in [-0.3, -0.25) is 15.0 Å². The fourth-order valence-corrected chi connectivity index (χ4v) is 3.24. The van der Waals surface area contributed by atoms with Gasteiger partial charge in [-0.25, -0.2) is 4.68 Å². The van der Waals surface area contributed by atoms with E-state index < -0.39 is 0 Å². The van der Waals surface area contributed by atoms with Crippen LogP contribution in [0, 0.1) is 6.92 Å². The Kier molecular flexibility index (Phi) is 4.62. The molecular weight excluding hydrogens is 328 g/mol. The van der Waals surface area contributed by atoms with E-state index in [1.807, 2.05) is 29.9 Å². The Bertz CT molecular complexity index is 853. The maximum Gasteiger partial charge on any atom is 0.151 e. The van der Waals surface area contributed by atoms with E-state index in [2.05, 4.69) is 25.9 Å². The zero-order valence-electron chi connectivity index (χ0n) is 15.0. The third-order valence-electron chi connectivity index (χ3n) is 4.76. The number of aromatic nitrogens is 5. The molecule has 3 aromatic rings. The molecule has 3 aromatic heterocycles. The van der Waals surface area contributed by atoms with Crippen molar-refractivity contribution in [3.05, 3.63) is 48.7 Å². The third kappa shape index (κ3) is 3.30. The summed E-state index contributed by atoms with van der Waals surface area (Å²) in [5.74, 6) is 0.945. The molecule has 4 heterocycles. The van der Waals surface area contributed by atoms with E-state index in [1.54, 1.807) is 25.7 Å². The Balaban J connectivity index is 1.72. The SMILES string of the molecule is COC1CCN(c2cc(-c3cnccn3)n(-c3ccc(C)nc3)n2)CC1. The zero-order chi connectivity index (χ0) is 17.9.